The molecule has 1 N–H and O–H groups in total. The molecule has 1 unspecified atom stereocenters. The molecule has 13 heteroatoms. The van der Waals surface area contributed by atoms with Gasteiger partial charge in [0.25, 0.3) is 11.8 Å². The lowest BCUT2D eigenvalue weighted by Crippen LogP contribution is -2.40. The Morgan fingerprint density at radius 3 is 2.31 bits per heavy atom. The summed E-state index contributed by atoms with van der Waals surface area (Å²) in [6.45, 7) is -0.109. The molecule has 1 aromatic heterocycles. The fourth-order valence-electron chi connectivity index (χ4n) is 5.16. The Kier molecular flexibility index (Phi) is 6.71. The average Bonchev–Trinajstić information content (AvgIpc) is 3.57. The average molecular weight is 602 g/mol. The van der Waals surface area contributed by atoms with Crippen LogP contribution < -0.4 is 10.5 Å². The molecular weight excluding hydrogens is 581 g/mol. The Hall–Kier alpha value is -4.39. The van der Waals surface area contributed by atoms with E-state index in [4.69, 9.17) is 9.15 Å². The maximum Gasteiger partial charge on any atom is 0.446 e. The summed E-state index contributed by atoms with van der Waals surface area (Å²) >= 11 is -0.235. The maximum atomic E-state index is 14.3. The number of rotatable bonds is 7. The zero-order valence-electron chi connectivity index (χ0n) is 21.7. The van der Waals surface area contributed by atoms with Crippen molar-refractivity contribution in [3.05, 3.63) is 99.6 Å². The number of hydrogen-bond donors (Lipinski definition) is 1. The van der Waals surface area contributed by atoms with Gasteiger partial charge < -0.3 is 14.1 Å². The molecule has 0 aliphatic carbocycles. The number of thioether (sulfide) groups is 1. The highest BCUT2D eigenvalue weighted by molar-refractivity contribution is 8.00. The molecule has 0 bridgehead atoms. The standard InChI is InChI=1S/C29H20F5N3O4S/c1-28(30,31)14-37-24(15-5-7-16(8-6-15)40-17-9-11-18(12-10-17)42-29(32,33)34)22-20(26(37)38)13-35-23(22)19-3-2-4-21-25(19)41-27(39)36-21/h2-12,24H,13-14H2,1H3,(H,36,39). The van der Waals surface area contributed by atoms with E-state index in [9.17, 15) is 31.5 Å². The van der Waals surface area contributed by atoms with Crippen LogP contribution in [0.5, 0.6) is 11.5 Å². The number of carbonyl (C=O) groups excluding carboxylic acids is 1. The highest BCUT2D eigenvalue weighted by Gasteiger charge is 2.47. The van der Waals surface area contributed by atoms with E-state index >= 15 is 0 Å². The molecule has 0 fully saturated rings. The van der Waals surface area contributed by atoms with E-state index in [1.54, 1.807) is 42.5 Å². The van der Waals surface area contributed by atoms with Gasteiger partial charge in [-0.1, -0.05) is 18.2 Å². The van der Waals surface area contributed by atoms with Crippen LogP contribution in [0, 0.1) is 0 Å². The second-order valence-electron chi connectivity index (χ2n) is 9.85. The van der Waals surface area contributed by atoms with Crippen molar-refractivity contribution in [1.82, 2.24) is 9.88 Å². The Morgan fingerprint density at radius 2 is 1.67 bits per heavy atom. The van der Waals surface area contributed by atoms with Gasteiger partial charge in [0.1, 0.15) is 11.5 Å². The molecule has 0 spiro atoms. The van der Waals surface area contributed by atoms with Crippen LogP contribution in [0.2, 0.25) is 0 Å². The molecule has 7 nitrogen and oxygen atoms in total. The topological polar surface area (TPSA) is 87.9 Å². The first kappa shape index (κ1) is 27.8. The van der Waals surface area contributed by atoms with Crippen LogP contribution in [-0.4, -0.2) is 46.0 Å². The quantitative estimate of drug-likeness (QED) is 0.185. The Morgan fingerprint density at radius 1 is 1.00 bits per heavy atom. The van der Waals surface area contributed by atoms with Crippen LogP contribution in [0.25, 0.3) is 11.1 Å². The Balaban J connectivity index is 1.33. The summed E-state index contributed by atoms with van der Waals surface area (Å²) in [6, 6.07) is 15.9. The molecule has 42 heavy (non-hydrogen) atoms. The molecule has 2 aliphatic heterocycles. The molecule has 0 saturated heterocycles. The summed E-state index contributed by atoms with van der Waals surface area (Å²) in [7, 11) is 0. The molecule has 0 radical (unpaired) electrons. The zero-order valence-corrected chi connectivity index (χ0v) is 22.5. The van der Waals surface area contributed by atoms with Gasteiger partial charge in [0, 0.05) is 28.5 Å². The van der Waals surface area contributed by atoms with Gasteiger partial charge in [0.05, 0.1) is 30.4 Å². The number of ether oxygens (including phenoxy) is 1. The number of H-pyrrole nitrogens is 1. The summed E-state index contributed by atoms with van der Waals surface area (Å²) in [6.07, 6.45) is 0. The van der Waals surface area contributed by atoms with Crippen molar-refractivity contribution in [2.45, 2.75) is 29.3 Å². The highest BCUT2D eigenvalue weighted by Crippen LogP contribution is 2.45. The number of benzene rings is 3. The number of amides is 1. The number of aromatic nitrogens is 1. The third-order valence-electron chi connectivity index (χ3n) is 6.72. The van der Waals surface area contributed by atoms with E-state index in [1.807, 2.05) is 0 Å². The lowest BCUT2D eigenvalue weighted by Gasteiger charge is -2.30. The van der Waals surface area contributed by atoms with Gasteiger partial charge in [-0.15, -0.1) is 0 Å². The number of carbonyl (C=O) groups is 1. The SMILES string of the molecule is CC(F)(F)CN1C(=O)C2=C(C(c3cccc4[nH]c(=O)oc34)=NC2)C1c1ccc(Oc2ccc(SC(F)(F)F)cc2)cc1. The number of hydrogen-bond acceptors (Lipinski definition) is 6. The predicted octanol–water partition coefficient (Wildman–Crippen LogP) is 6.86. The van der Waals surface area contributed by atoms with Gasteiger partial charge >= 0.3 is 11.3 Å². The largest absolute Gasteiger partial charge is 0.457 e. The molecule has 216 valence electrons. The lowest BCUT2D eigenvalue weighted by atomic mass is 9.91. The van der Waals surface area contributed by atoms with E-state index < -0.39 is 35.7 Å². The highest BCUT2D eigenvalue weighted by atomic mass is 32.2. The van der Waals surface area contributed by atoms with Crippen LogP contribution in [0.15, 0.2) is 97.0 Å². The number of oxazole rings is 1. The Bertz CT molecular complexity index is 1800. The van der Waals surface area contributed by atoms with Crippen LogP contribution >= 0.6 is 11.8 Å². The minimum absolute atomic E-state index is 0.0108. The van der Waals surface area contributed by atoms with Crippen molar-refractivity contribution < 1.29 is 35.9 Å². The van der Waals surface area contributed by atoms with Crippen molar-refractivity contribution in [3.63, 3.8) is 0 Å². The van der Waals surface area contributed by atoms with Gasteiger partial charge in [0.2, 0.25) is 0 Å². The number of halogens is 5. The van der Waals surface area contributed by atoms with Crippen LogP contribution in [0.3, 0.4) is 0 Å². The molecule has 3 heterocycles. The van der Waals surface area contributed by atoms with Crippen LogP contribution in [0.4, 0.5) is 22.0 Å². The first-order valence-corrected chi connectivity index (χ1v) is 13.4. The number of para-hydroxylation sites is 1. The van der Waals surface area contributed by atoms with Crippen molar-refractivity contribution >= 4 is 34.5 Å². The van der Waals surface area contributed by atoms with Crippen LogP contribution in [0.1, 0.15) is 24.1 Å². The van der Waals surface area contributed by atoms with Gasteiger partial charge in [-0.05, 0) is 65.9 Å². The summed E-state index contributed by atoms with van der Waals surface area (Å²) in [4.78, 5) is 33.5. The van der Waals surface area contributed by atoms with Gasteiger partial charge in [-0.25, -0.2) is 13.6 Å². The van der Waals surface area contributed by atoms with E-state index in [2.05, 4.69) is 9.98 Å². The summed E-state index contributed by atoms with van der Waals surface area (Å²) in [5, 5.41) is 0. The normalized spacial score (nSPS) is 17.3. The lowest BCUT2D eigenvalue weighted by molar-refractivity contribution is -0.132. The monoisotopic (exact) mass is 601 g/mol. The summed E-state index contributed by atoms with van der Waals surface area (Å²) in [5.74, 6) is -3.76. The number of aliphatic imine (C=N–C) groups is 1. The fraction of sp³-hybridized carbons (Fsp3) is 0.207. The second-order valence-corrected chi connectivity index (χ2v) is 11.0. The number of fused-ring (bicyclic) bond motifs is 1. The van der Waals surface area contributed by atoms with Crippen molar-refractivity contribution in [3.8, 4) is 11.5 Å². The van der Waals surface area contributed by atoms with E-state index in [0.29, 0.717) is 39.4 Å². The van der Waals surface area contributed by atoms with Crippen molar-refractivity contribution in [1.29, 1.82) is 0 Å². The van der Waals surface area contributed by atoms with Crippen molar-refractivity contribution in [2.24, 2.45) is 4.99 Å². The first-order valence-electron chi connectivity index (χ1n) is 12.6. The maximum absolute atomic E-state index is 14.3. The molecule has 3 aromatic carbocycles. The summed E-state index contributed by atoms with van der Waals surface area (Å²) in [5.41, 5.74) is -1.67. The molecule has 1 amide bonds. The number of alkyl halides is 5. The van der Waals surface area contributed by atoms with E-state index in [0.717, 1.165) is 11.8 Å². The molecule has 4 aromatic rings. The number of nitrogens with zero attached hydrogens (tertiary/aromatic N) is 2. The van der Waals surface area contributed by atoms with Crippen LogP contribution in [-0.2, 0) is 4.79 Å². The number of aromatic amines is 1. The molecule has 6 rings (SSSR count). The smallest absolute Gasteiger partial charge is 0.446 e. The fourth-order valence-corrected chi connectivity index (χ4v) is 5.70. The minimum Gasteiger partial charge on any atom is -0.457 e. The second kappa shape index (κ2) is 10.2. The number of nitrogens with one attached hydrogen (secondary N) is 1. The third kappa shape index (κ3) is 5.43. The predicted molar refractivity (Wildman–Crippen MR) is 145 cm³/mol. The third-order valence-corrected chi connectivity index (χ3v) is 7.46. The molecule has 2 aliphatic rings. The molecular formula is C29H20F5N3O4S. The minimum atomic E-state index is -4.41. The van der Waals surface area contributed by atoms with Gasteiger partial charge in [-0.2, -0.15) is 13.2 Å². The van der Waals surface area contributed by atoms with E-state index in [1.165, 1.54) is 24.3 Å². The van der Waals surface area contributed by atoms with Gasteiger partial charge in [-0.3, -0.25) is 14.8 Å². The van der Waals surface area contributed by atoms with E-state index in [-0.39, 0.29) is 34.4 Å². The summed E-state index contributed by atoms with van der Waals surface area (Å²) < 4.78 is 77.5. The first-order chi connectivity index (χ1) is 19.9. The molecule has 0 saturated carbocycles. The van der Waals surface area contributed by atoms with Gasteiger partial charge in [0.15, 0.2) is 5.58 Å². The Labute approximate surface area is 238 Å². The zero-order chi connectivity index (χ0) is 29.8. The molecule has 1 atom stereocenters. The van der Waals surface area contributed by atoms with Crippen molar-refractivity contribution in [2.75, 3.05) is 13.1 Å².